The molecular weight excluding hydrogens is 396 g/mol. The van der Waals surface area contributed by atoms with Crippen molar-refractivity contribution in [1.29, 1.82) is 0 Å². The third kappa shape index (κ3) is 5.96. The SMILES string of the molecule is C/N=C/C(=C\c1cc(C(C)(C)C)c(O)c(C(C)(C)C)c1)C(=O)Nc1ccc(Cl)cc1. The highest BCUT2D eigenvalue weighted by Gasteiger charge is 2.26. The molecular formula is C25H31ClN2O2. The van der Waals surface area contributed by atoms with Gasteiger partial charge in [0.15, 0.2) is 0 Å². The number of phenols is 1. The van der Waals surface area contributed by atoms with Gasteiger partial charge in [0, 0.05) is 35.1 Å². The van der Waals surface area contributed by atoms with Gasteiger partial charge in [0.1, 0.15) is 5.75 Å². The second kappa shape index (κ2) is 9.05. The Bertz CT molecular complexity index is 941. The largest absolute Gasteiger partial charge is 0.507 e. The lowest BCUT2D eigenvalue weighted by atomic mass is 9.78. The van der Waals surface area contributed by atoms with Crippen LogP contribution in [0, 0.1) is 0 Å². The van der Waals surface area contributed by atoms with Crippen molar-refractivity contribution in [3.8, 4) is 5.75 Å². The zero-order valence-electron chi connectivity index (χ0n) is 18.8. The molecule has 1 amide bonds. The van der Waals surface area contributed by atoms with Crippen LogP contribution >= 0.6 is 11.6 Å². The quantitative estimate of drug-likeness (QED) is 0.441. The van der Waals surface area contributed by atoms with Crippen LogP contribution in [0.3, 0.4) is 0 Å². The number of halogens is 1. The van der Waals surface area contributed by atoms with Crippen molar-refractivity contribution < 1.29 is 9.90 Å². The summed E-state index contributed by atoms with van der Waals surface area (Å²) >= 11 is 5.92. The Morgan fingerprint density at radius 1 is 1.00 bits per heavy atom. The van der Waals surface area contributed by atoms with E-state index in [4.69, 9.17) is 11.6 Å². The topological polar surface area (TPSA) is 61.7 Å². The zero-order valence-corrected chi connectivity index (χ0v) is 19.6. The van der Waals surface area contributed by atoms with Gasteiger partial charge in [-0.25, -0.2) is 0 Å². The van der Waals surface area contributed by atoms with Gasteiger partial charge < -0.3 is 10.4 Å². The number of nitrogens with zero attached hydrogens (tertiary/aromatic N) is 1. The molecule has 0 fully saturated rings. The fourth-order valence-electron chi connectivity index (χ4n) is 3.10. The van der Waals surface area contributed by atoms with Crippen LogP contribution in [0.15, 0.2) is 47.0 Å². The van der Waals surface area contributed by atoms with Crippen molar-refractivity contribution in [2.75, 3.05) is 12.4 Å². The van der Waals surface area contributed by atoms with Crippen LogP contribution in [-0.4, -0.2) is 24.3 Å². The molecule has 0 aliphatic heterocycles. The Balaban J connectivity index is 2.55. The fraction of sp³-hybridized carbons (Fsp3) is 0.360. The van der Waals surface area contributed by atoms with E-state index in [1.807, 2.05) is 12.1 Å². The normalized spacial score (nSPS) is 13.0. The lowest BCUT2D eigenvalue weighted by Gasteiger charge is -2.28. The van der Waals surface area contributed by atoms with Crippen LogP contribution in [0.5, 0.6) is 5.75 Å². The molecule has 2 aromatic rings. The molecule has 2 N–H and O–H groups in total. The molecule has 0 heterocycles. The van der Waals surface area contributed by atoms with Crippen LogP contribution in [0.4, 0.5) is 5.69 Å². The van der Waals surface area contributed by atoms with E-state index in [0.717, 1.165) is 16.7 Å². The van der Waals surface area contributed by atoms with Gasteiger partial charge in [0.25, 0.3) is 5.91 Å². The Morgan fingerprint density at radius 2 is 1.50 bits per heavy atom. The smallest absolute Gasteiger partial charge is 0.257 e. The van der Waals surface area contributed by atoms with E-state index in [9.17, 15) is 9.90 Å². The first kappa shape index (κ1) is 23.7. The van der Waals surface area contributed by atoms with Crippen LogP contribution in [0.2, 0.25) is 5.02 Å². The average molecular weight is 427 g/mol. The summed E-state index contributed by atoms with van der Waals surface area (Å²) in [5, 5.41) is 14.4. The molecule has 0 aliphatic carbocycles. The highest BCUT2D eigenvalue weighted by molar-refractivity contribution is 6.30. The summed E-state index contributed by atoms with van der Waals surface area (Å²) < 4.78 is 0. The highest BCUT2D eigenvalue weighted by atomic mass is 35.5. The van der Waals surface area contributed by atoms with Gasteiger partial charge >= 0.3 is 0 Å². The van der Waals surface area contributed by atoms with Gasteiger partial charge in [0.05, 0.1) is 5.57 Å². The van der Waals surface area contributed by atoms with Gasteiger partial charge in [-0.05, 0) is 58.9 Å². The van der Waals surface area contributed by atoms with E-state index < -0.39 is 0 Å². The first-order valence-corrected chi connectivity index (χ1v) is 10.3. The first-order chi connectivity index (χ1) is 13.8. The minimum atomic E-state index is -0.273. The molecule has 0 spiro atoms. The second-order valence-electron chi connectivity index (χ2n) is 9.41. The molecule has 0 radical (unpaired) electrons. The number of amides is 1. The Morgan fingerprint density at radius 3 is 1.93 bits per heavy atom. The van der Waals surface area contributed by atoms with Gasteiger partial charge in [-0.3, -0.25) is 9.79 Å². The molecule has 30 heavy (non-hydrogen) atoms. The van der Waals surface area contributed by atoms with E-state index in [1.165, 1.54) is 6.21 Å². The molecule has 0 atom stereocenters. The Hall–Kier alpha value is -2.59. The van der Waals surface area contributed by atoms with Crippen molar-refractivity contribution in [2.45, 2.75) is 52.4 Å². The monoisotopic (exact) mass is 426 g/mol. The van der Waals surface area contributed by atoms with Crippen molar-refractivity contribution in [3.05, 3.63) is 63.7 Å². The number of benzene rings is 2. The van der Waals surface area contributed by atoms with Crippen LogP contribution in [0.25, 0.3) is 6.08 Å². The van der Waals surface area contributed by atoms with Crippen molar-refractivity contribution >= 4 is 35.5 Å². The number of carbonyl (C=O) groups excluding carboxylic acids is 1. The van der Waals surface area contributed by atoms with Gasteiger partial charge in [-0.2, -0.15) is 0 Å². The molecule has 0 bridgehead atoms. The summed E-state index contributed by atoms with van der Waals surface area (Å²) in [5.41, 5.74) is 3.08. The molecule has 4 nitrogen and oxygen atoms in total. The maximum absolute atomic E-state index is 12.9. The zero-order chi connectivity index (χ0) is 22.7. The molecule has 0 saturated carbocycles. The molecule has 0 aromatic heterocycles. The van der Waals surface area contributed by atoms with Crippen molar-refractivity contribution in [1.82, 2.24) is 0 Å². The van der Waals surface area contributed by atoms with Gasteiger partial charge in [-0.15, -0.1) is 0 Å². The van der Waals surface area contributed by atoms with Gasteiger partial charge in [-0.1, -0.05) is 53.1 Å². The summed E-state index contributed by atoms with van der Waals surface area (Å²) in [4.78, 5) is 16.9. The molecule has 5 heteroatoms. The summed E-state index contributed by atoms with van der Waals surface area (Å²) in [5.74, 6) is 0.0362. The number of aromatic hydroxyl groups is 1. The second-order valence-corrected chi connectivity index (χ2v) is 9.85. The van der Waals surface area contributed by atoms with Gasteiger partial charge in [0.2, 0.25) is 0 Å². The minimum Gasteiger partial charge on any atom is -0.507 e. The van der Waals surface area contributed by atoms with Crippen molar-refractivity contribution in [3.63, 3.8) is 0 Å². The Kier molecular flexibility index (Phi) is 7.14. The molecule has 2 aromatic carbocycles. The predicted molar refractivity (Wildman–Crippen MR) is 128 cm³/mol. The van der Waals surface area contributed by atoms with E-state index in [1.54, 1.807) is 37.4 Å². The maximum Gasteiger partial charge on any atom is 0.257 e. The highest BCUT2D eigenvalue weighted by Crippen LogP contribution is 2.40. The number of nitrogens with one attached hydrogen (secondary N) is 1. The molecule has 0 aliphatic rings. The number of hydrogen-bond acceptors (Lipinski definition) is 3. The van der Waals surface area contributed by atoms with Crippen LogP contribution in [0.1, 0.15) is 58.2 Å². The summed E-state index contributed by atoms with van der Waals surface area (Å²) in [6.45, 7) is 12.4. The van der Waals surface area contributed by atoms with Crippen molar-refractivity contribution in [2.24, 2.45) is 4.99 Å². The molecule has 2 rings (SSSR count). The fourth-order valence-corrected chi connectivity index (χ4v) is 3.23. The summed E-state index contributed by atoms with van der Waals surface area (Å²) in [6.07, 6.45) is 3.33. The minimum absolute atomic E-state index is 0.251. The van der Waals surface area contributed by atoms with E-state index >= 15 is 0 Å². The lowest BCUT2D eigenvalue weighted by Crippen LogP contribution is -2.18. The third-order valence-corrected chi connectivity index (χ3v) is 4.95. The number of phenolic OH excluding ortho intramolecular Hbond substituents is 1. The molecule has 0 unspecified atom stereocenters. The Labute approximate surface area is 184 Å². The summed E-state index contributed by atoms with van der Waals surface area (Å²) in [6, 6.07) is 10.8. The lowest BCUT2D eigenvalue weighted by molar-refractivity contribution is -0.112. The predicted octanol–water partition coefficient (Wildman–Crippen LogP) is 6.36. The van der Waals surface area contributed by atoms with E-state index in [2.05, 4.69) is 51.9 Å². The third-order valence-electron chi connectivity index (χ3n) is 4.70. The first-order valence-electron chi connectivity index (χ1n) is 9.91. The number of aliphatic imine (C=N–C) groups is 1. The van der Waals surface area contributed by atoms with E-state index in [0.29, 0.717) is 22.0 Å². The summed E-state index contributed by atoms with van der Waals surface area (Å²) in [7, 11) is 1.63. The number of carbonyl (C=O) groups is 1. The number of hydrogen-bond donors (Lipinski definition) is 2. The van der Waals surface area contributed by atoms with E-state index in [-0.39, 0.29) is 16.7 Å². The van der Waals surface area contributed by atoms with Crippen LogP contribution in [-0.2, 0) is 15.6 Å². The molecule has 160 valence electrons. The number of anilines is 1. The number of rotatable bonds is 4. The van der Waals surface area contributed by atoms with Crippen LogP contribution < -0.4 is 5.32 Å². The molecule has 0 saturated heterocycles. The standard InChI is InChI=1S/C25H31ClN2O2/c1-24(2,3)20-13-16(14-21(22(20)29)25(4,5)6)12-17(15-27-7)23(30)28-19-10-8-18(26)9-11-19/h8-15,29H,1-7H3,(H,28,30)/b17-12+,27-15+. The maximum atomic E-state index is 12.9. The average Bonchev–Trinajstić information content (AvgIpc) is 2.62.